The van der Waals surface area contributed by atoms with Crippen LogP contribution in [0.3, 0.4) is 0 Å². The standard InChI is InChI=1S/C9H11N5O3S/c1-6-9(8(4-15)13-12-6)18(16,17)14-7-2-10-5-11-3-7/h2-3,5,14-15H,4H2,1H3,(H,12,13). The zero-order valence-corrected chi connectivity index (χ0v) is 10.3. The van der Waals surface area contributed by atoms with E-state index in [0.29, 0.717) is 5.69 Å². The number of sulfonamides is 1. The van der Waals surface area contributed by atoms with Gasteiger partial charge in [0.1, 0.15) is 16.9 Å². The number of nitrogens with zero attached hydrogens (tertiary/aromatic N) is 3. The Morgan fingerprint density at radius 1 is 1.39 bits per heavy atom. The maximum atomic E-state index is 12.1. The summed E-state index contributed by atoms with van der Waals surface area (Å²) in [4.78, 5) is 7.35. The molecule has 0 radical (unpaired) electrons. The second kappa shape index (κ2) is 4.70. The molecule has 8 nitrogen and oxygen atoms in total. The fraction of sp³-hybridized carbons (Fsp3) is 0.222. The number of aryl methyl sites for hydroxylation is 1. The molecule has 2 aromatic heterocycles. The summed E-state index contributed by atoms with van der Waals surface area (Å²) in [5.41, 5.74) is 0.655. The molecule has 0 aliphatic carbocycles. The van der Waals surface area contributed by atoms with Crippen LogP contribution in [0.2, 0.25) is 0 Å². The number of aliphatic hydroxyl groups is 1. The molecule has 0 spiro atoms. The second-order valence-corrected chi connectivity index (χ2v) is 5.13. The molecule has 0 saturated carbocycles. The SMILES string of the molecule is Cc1[nH]nc(CO)c1S(=O)(=O)Nc1cncnc1. The van der Waals surface area contributed by atoms with Crippen LogP contribution in [0.15, 0.2) is 23.6 Å². The zero-order valence-electron chi connectivity index (χ0n) is 9.45. The largest absolute Gasteiger partial charge is 0.390 e. The third-order valence-corrected chi connectivity index (χ3v) is 3.78. The molecular formula is C9H11N5O3S. The van der Waals surface area contributed by atoms with Crippen LogP contribution in [-0.4, -0.2) is 33.7 Å². The van der Waals surface area contributed by atoms with E-state index in [1.54, 1.807) is 6.92 Å². The molecule has 2 aromatic rings. The summed E-state index contributed by atoms with van der Waals surface area (Å²) in [7, 11) is -3.83. The molecule has 0 fully saturated rings. The summed E-state index contributed by atoms with van der Waals surface area (Å²) in [6, 6.07) is 0. The number of aliphatic hydroxyl groups excluding tert-OH is 1. The van der Waals surface area contributed by atoms with Crippen LogP contribution in [0.5, 0.6) is 0 Å². The fourth-order valence-electron chi connectivity index (χ4n) is 1.49. The Hall–Kier alpha value is -2.00. The smallest absolute Gasteiger partial charge is 0.265 e. The Morgan fingerprint density at radius 3 is 2.67 bits per heavy atom. The van der Waals surface area contributed by atoms with Gasteiger partial charge in [0.25, 0.3) is 10.0 Å². The van der Waals surface area contributed by atoms with E-state index in [4.69, 9.17) is 5.11 Å². The minimum absolute atomic E-state index is 0.0612. The molecular weight excluding hydrogens is 258 g/mol. The number of nitrogens with one attached hydrogen (secondary N) is 2. The van der Waals surface area contributed by atoms with Crippen molar-refractivity contribution in [2.45, 2.75) is 18.4 Å². The van der Waals surface area contributed by atoms with Crippen LogP contribution in [0.1, 0.15) is 11.4 Å². The van der Waals surface area contributed by atoms with E-state index in [2.05, 4.69) is 24.9 Å². The number of hydrogen-bond donors (Lipinski definition) is 3. The van der Waals surface area contributed by atoms with Crippen LogP contribution >= 0.6 is 0 Å². The van der Waals surface area contributed by atoms with Gasteiger partial charge in [-0.1, -0.05) is 0 Å². The predicted molar refractivity (Wildman–Crippen MR) is 62.1 cm³/mol. The van der Waals surface area contributed by atoms with Crippen molar-refractivity contribution >= 4 is 15.7 Å². The van der Waals surface area contributed by atoms with Crippen molar-refractivity contribution < 1.29 is 13.5 Å². The highest BCUT2D eigenvalue weighted by Gasteiger charge is 2.24. The van der Waals surface area contributed by atoms with Crippen molar-refractivity contribution in [1.29, 1.82) is 0 Å². The van der Waals surface area contributed by atoms with E-state index < -0.39 is 16.6 Å². The van der Waals surface area contributed by atoms with Gasteiger partial charge in [-0.3, -0.25) is 9.82 Å². The van der Waals surface area contributed by atoms with Crippen molar-refractivity contribution in [2.75, 3.05) is 4.72 Å². The first-order valence-corrected chi connectivity index (χ1v) is 6.45. The molecule has 0 aliphatic heterocycles. The van der Waals surface area contributed by atoms with Crippen molar-refractivity contribution in [3.8, 4) is 0 Å². The van der Waals surface area contributed by atoms with E-state index in [1.165, 1.54) is 18.7 Å². The average molecular weight is 269 g/mol. The Kier molecular flexibility index (Phi) is 3.26. The maximum Gasteiger partial charge on any atom is 0.265 e. The minimum Gasteiger partial charge on any atom is -0.390 e. The van der Waals surface area contributed by atoms with Gasteiger partial charge in [0, 0.05) is 0 Å². The van der Waals surface area contributed by atoms with Crippen molar-refractivity contribution in [3.05, 3.63) is 30.1 Å². The first-order valence-electron chi connectivity index (χ1n) is 4.97. The summed E-state index contributed by atoms with van der Waals surface area (Å²) in [6.45, 7) is 1.09. The predicted octanol–water partition coefficient (Wildman–Crippen LogP) is -0.199. The third kappa shape index (κ3) is 2.31. The summed E-state index contributed by atoms with van der Waals surface area (Å²) in [6.07, 6.45) is 3.96. The van der Waals surface area contributed by atoms with E-state index in [0.717, 1.165) is 0 Å². The monoisotopic (exact) mass is 269 g/mol. The van der Waals surface area contributed by atoms with Gasteiger partial charge in [-0.2, -0.15) is 5.10 Å². The van der Waals surface area contributed by atoms with Gasteiger partial charge in [-0.25, -0.2) is 18.4 Å². The van der Waals surface area contributed by atoms with Crippen LogP contribution in [0, 0.1) is 6.92 Å². The summed E-state index contributed by atoms with van der Waals surface area (Å²) in [5, 5.41) is 15.3. The first-order chi connectivity index (χ1) is 8.54. The maximum absolute atomic E-state index is 12.1. The van der Waals surface area contributed by atoms with Crippen molar-refractivity contribution in [1.82, 2.24) is 20.2 Å². The van der Waals surface area contributed by atoms with Crippen molar-refractivity contribution in [2.24, 2.45) is 0 Å². The van der Waals surface area contributed by atoms with Gasteiger partial charge in [0.15, 0.2) is 0 Å². The summed E-state index contributed by atoms with van der Waals surface area (Å²) >= 11 is 0. The number of H-pyrrole nitrogens is 1. The summed E-state index contributed by atoms with van der Waals surface area (Å²) in [5.74, 6) is 0. The van der Waals surface area contributed by atoms with Gasteiger partial charge in [0.05, 0.1) is 30.4 Å². The molecule has 0 aromatic carbocycles. The Morgan fingerprint density at radius 2 is 2.06 bits per heavy atom. The number of rotatable bonds is 4. The average Bonchev–Trinajstić information content (AvgIpc) is 2.72. The molecule has 0 unspecified atom stereocenters. The molecule has 2 rings (SSSR count). The molecule has 0 saturated heterocycles. The number of hydrogen-bond acceptors (Lipinski definition) is 6. The van der Waals surface area contributed by atoms with E-state index in [1.807, 2.05) is 0 Å². The molecule has 0 amide bonds. The lowest BCUT2D eigenvalue weighted by Gasteiger charge is -2.07. The lowest BCUT2D eigenvalue weighted by atomic mass is 10.4. The van der Waals surface area contributed by atoms with Crippen molar-refractivity contribution in [3.63, 3.8) is 0 Å². The summed E-state index contributed by atoms with van der Waals surface area (Å²) < 4.78 is 26.6. The highest BCUT2D eigenvalue weighted by molar-refractivity contribution is 7.92. The lowest BCUT2D eigenvalue weighted by molar-refractivity contribution is 0.273. The highest BCUT2D eigenvalue weighted by atomic mass is 32.2. The number of anilines is 1. The van der Waals surface area contributed by atoms with E-state index in [-0.39, 0.29) is 16.3 Å². The Balaban J connectivity index is 2.40. The third-order valence-electron chi connectivity index (χ3n) is 2.19. The molecule has 9 heteroatoms. The first kappa shape index (κ1) is 12.5. The topological polar surface area (TPSA) is 121 Å². The van der Waals surface area contributed by atoms with Crippen LogP contribution in [-0.2, 0) is 16.6 Å². The van der Waals surface area contributed by atoms with Crippen LogP contribution in [0.25, 0.3) is 0 Å². The molecule has 0 bridgehead atoms. The van der Waals surface area contributed by atoms with E-state index >= 15 is 0 Å². The number of aromatic amines is 1. The lowest BCUT2D eigenvalue weighted by Crippen LogP contribution is -2.15. The number of aromatic nitrogens is 4. The Labute approximate surface area is 103 Å². The molecule has 3 N–H and O–H groups in total. The second-order valence-electron chi connectivity index (χ2n) is 3.52. The van der Waals surface area contributed by atoms with Gasteiger partial charge < -0.3 is 5.11 Å². The highest BCUT2D eigenvalue weighted by Crippen LogP contribution is 2.20. The van der Waals surface area contributed by atoms with Gasteiger partial charge in [-0.15, -0.1) is 0 Å². The van der Waals surface area contributed by atoms with Gasteiger partial charge in [-0.05, 0) is 6.92 Å². The van der Waals surface area contributed by atoms with Crippen LogP contribution in [0.4, 0.5) is 5.69 Å². The Bertz CT molecular complexity index is 637. The normalized spacial score (nSPS) is 11.4. The van der Waals surface area contributed by atoms with Crippen LogP contribution < -0.4 is 4.72 Å². The molecule has 0 atom stereocenters. The zero-order chi connectivity index (χ0) is 13.2. The molecule has 0 aliphatic rings. The molecule has 2 heterocycles. The van der Waals surface area contributed by atoms with Gasteiger partial charge in [0.2, 0.25) is 0 Å². The fourth-order valence-corrected chi connectivity index (χ4v) is 2.88. The quantitative estimate of drug-likeness (QED) is 0.707. The molecule has 96 valence electrons. The van der Waals surface area contributed by atoms with E-state index in [9.17, 15) is 8.42 Å². The molecule has 18 heavy (non-hydrogen) atoms. The minimum atomic E-state index is -3.83. The van der Waals surface area contributed by atoms with Gasteiger partial charge >= 0.3 is 0 Å².